The summed E-state index contributed by atoms with van der Waals surface area (Å²) in [6.07, 6.45) is 1.24. The molecule has 4 nitrogen and oxygen atoms in total. The van der Waals surface area contributed by atoms with Crippen LogP contribution in [-0.2, 0) is 6.54 Å². The van der Waals surface area contributed by atoms with E-state index in [4.69, 9.17) is 21.3 Å². The van der Waals surface area contributed by atoms with Crippen LogP contribution in [0.25, 0.3) is 11.0 Å². The Morgan fingerprint density at radius 2 is 2.29 bits per heavy atom. The molecule has 2 heterocycles. The van der Waals surface area contributed by atoms with Crippen molar-refractivity contribution in [3.05, 3.63) is 24.0 Å². The Labute approximate surface area is 130 Å². The summed E-state index contributed by atoms with van der Waals surface area (Å²) in [6.45, 7) is 5.29. The Kier molecular flexibility index (Phi) is 4.09. The van der Waals surface area contributed by atoms with Gasteiger partial charge in [-0.05, 0) is 45.0 Å². The number of hydrogen-bond acceptors (Lipinski definition) is 3. The van der Waals surface area contributed by atoms with Crippen LogP contribution >= 0.6 is 11.6 Å². The van der Waals surface area contributed by atoms with Crippen molar-refractivity contribution in [3.63, 3.8) is 0 Å². The molecule has 2 aromatic rings. The van der Waals surface area contributed by atoms with Gasteiger partial charge < -0.3 is 14.2 Å². The van der Waals surface area contributed by atoms with Crippen LogP contribution in [0.5, 0.6) is 5.75 Å². The smallest absolute Gasteiger partial charge is 0.127 e. The first-order chi connectivity index (χ1) is 10.1. The number of imidazole rings is 1. The Bertz CT molecular complexity index is 638. The molecule has 1 aliphatic heterocycles. The zero-order valence-corrected chi connectivity index (χ0v) is 13.6. The molecule has 2 atom stereocenters. The molecule has 0 radical (unpaired) electrons. The Morgan fingerprint density at radius 1 is 1.48 bits per heavy atom. The van der Waals surface area contributed by atoms with Gasteiger partial charge in [0.1, 0.15) is 11.6 Å². The molecule has 1 aliphatic rings. The normalized spacial score (nSPS) is 21.0. The minimum absolute atomic E-state index is 0.0949. The molecule has 1 aromatic heterocycles. The molecule has 1 fully saturated rings. The second-order valence-electron chi connectivity index (χ2n) is 5.97. The van der Waals surface area contributed by atoms with E-state index in [1.807, 2.05) is 19.1 Å². The summed E-state index contributed by atoms with van der Waals surface area (Å²) in [7, 11) is 3.86. The molecule has 0 N–H and O–H groups in total. The van der Waals surface area contributed by atoms with E-state index in [1.54, 1.807) is 7.11 Å². The summed E-state index contributed by atoms with van der Waals surface area (Å²) in [4.78, 5) is 7.10. The van der Waals surface area contributed by atoms with E-state index in [0.717, 1.165) is 35.7 Å². The van der Waals surface area contributed by atoms with Crippen LogP contribution in [-0.4, -0.2) is 41.7 Å². The molecule has 0 aliphatic carbocycles. The van der Waals surface area contributed by atoms with Crippen molar-refractivity contribution in [1.29, 1.82) is 0 Å². The highest BCUT2D eigenvalue weighted by molar-refractivity contribution is 6.20. The predicted molar refractivity (Wildman–Crippen MR) is 86.2 cm³/mol. The van der Waals surface area contributed by atoms with Crippen LogP contribution in [0, 0.1) is 5.92 Å². The van der Waals surface area contributed by atoms with Gasteiger partial charge in [0.25, 0.3) is 0 Å². The molecular weight excluding hydrogens is 286 g/mol. The van der Waals surface area contributed by atoms with E-state index in [9.17, 15) is 0 Å². The van der Waals surface area contributed by atoms with Gasteiger partial charge in [0.05, 0.1) is 23.5 Å². The minimum Gasteiger partial charge on any atom is -0.497 e. The van der Waals surface area contributed by atoms with E-state index in [-0.39, 0.29) is 5.38 Å². The van der Waals surface area contributed by atoms with Crippen LogP contribution in [0.2, 0.25) is 0 Å². The topological polar surface area (TPSA) is 30.3 Å². The molecule has 1 saturated heterocycles. The SMILES string of the molecule is COc1ccc2c(c1)nc(C(C)Cl)n2CC1CCN(C)C1. The van der Waals surface area contributed by atoms with Crippen molar-refractivity contribution in [2.75, 3.05) is 27.2 Å². The fourth-order valence-corrected chi connectivity index (χ4v) is 3.35. The number of rotatable bonds is 4. The van der Waals surface area contributed by atoms with Gasteiger partial charge in [0, 0.05) is 19.2 Å². The van der Waals surface area contributed by atoms with Gasteiger partial charge in [-0.2, -0.15) is 0 Å². The fraction of sp³-hybridized carbons (Fsp3) is 0.562. The number of methoxy groups -OCH3 is 1. The lowest BCUT2D eigenvalue weighted by molar-refractivity contribution is 0.377. The third-order valence-electron chi connectivity index (χ3n) is 4.27. The van der Waals surface area contributed by atoms with Crippen molar-refractivity contribution >= 4 is 22.6 Å². The predicted octanol–water partition coefficient (Wildman–Crippen LogP) is 3.30. The lowest BCUT2D eigenvalue weighted by Gasteiger charge is -2.15. The number of ether oxygens (including phenoxy) is 1. The summed E-state index contributed by atoms with van der Waals surface area (Å²) in [5.74, 6) is 2.46. The molecule has 0 saturated carbocycles. The second kappa shape index (κ2) is 5.85. The summed E-state index contributed by atoms with van der Waals surface area (Å²) >= 11 is 6.34. The molecule has 1 aromatic carbocycles. The maximum atomic E-state index is 6.34. The van der Waals surface area contributed by atoms with Crippen molar-refractivity contribution in [2.24, 2.45) is 5.92 Å². The van der Waals surface area contributed by atoms with Crippen LogP contribution in [0.1, 0.15) is 24.5 Å². The van der Waals surface area contributed by atoms with Gasteiger partial charge >= 0.3 is 0 Å². The van der Waals surface area contributed by atoms with Crippen molar-refractivity contribution in [2.45, 2.75) is 25.3 Å². The van der Waals surface area contributed by atoms with Gasteiger partial charge in [-0.3, -0.25) is 0 Å². The highest BCUT2D eigenvalue weighted by atomic mass is 35.5. The Morgan fingerprint density at radius 3 is 2.90 bits per heavy atom. The number of aromatic nitrogens is 2. The van der Waals surface area contributed by atoms with Crippen molar-refractivity contribution in [1.82, 2.24) is 14.5 Å². The van der Waals surface area contributed by atoms with E-state index >= 15 is 0 Å². The Hall–Kier alpha value is -1.26. The highest BCUT2D eigenvalue weighted by Crippen LogP contribution is 2.29. The number of alkyl halides is 1. The summed E-state index contributed by atoms with van der Waals surface area (Å²) in [6, 6.07) is 6.06. The maximum Gasteiger partial charge on any atom is 0.127 e. The number of fused-ring (bicyclic) bond motifs is 1. The van der Waals surface area contributed by atoms with Crippen LogP contribution in [0.4, 0.5) is 0 Å². The number of likely N-dealkylation sites (tertiary alicyclic amines) is 1. The van der Waals surface area contributed by atoms with Gasteiger partial charge in [-0.15, -0.1) is 11.6 Å². The van der Waals surface area contributed by atoms with Crippen LogP contribution in [0.3, 0.4) is 0 Å². The monoisotopic (exact) mass is 307 g/mol. The quantitative estimate of drug-likeness (QED) is 0.812. The first-order valence-corrected chi connectivity index (χ1v) is 7.89. The minimum atomic E-state index is -0.0949. The number of halogens is 1. The Balaban J connectivity index is 1.99. The number of hydrogen-bond donors (Lipinski definition) is 0. The molecule has 5 heteroatoms. The number of nitrogens with zero attached hydrogens (tertiary/aromatic N) is 3. The molecule has 21 heavy (non-hydrogen) atoms. The van der Waals surface area contributed by atoms with Gasteiger partial charge in [0.2, 0.25) is 0 Å². The molecule has 3 rings (SSSR count). The van der Waals surface area contributed by atoms with Crippen LogP contribution in [0.15, 0.2) is 18.2 Å². The summed E-state index contributed by atoms with van der Waals surface area (Å²) in [5.41, 5.74) is 2.11. The largest absolute Gasteiger partial charge is 0.497 e. The summed E-state index contributed by atoms with van der Waals surface area (Å²) in [5, 5.41) is -0.0949. The summed E-state index contributed by atoms with van der Waals surface area (Å²) < 4.78 is 7.58. The lowest BCUT2D eigenvalue weighted by Crippen LogP contribution is -2.18. The molecule has 2 unspecified atom stereocenters. The van der Waals surface area contributed by atoms with Crippen LogP contribution < -0.4 is 4.74 Å². The number of benzene rings is 1. The van der Waals surface area contributed by atoms with E-state index in [0.29, 0.717) is 5.92 Å². The zero-order valence-electron chi connectivity index (χ0n) is 12.8. The second-order valence-corrected chi connectivity index (χ2v) is 6.62. The molecular formula is C16H22ClN3O. The molecule has 0 amide bonds. The third-order valence-corrected chi connectivity index (χ3v) is 4.47. The first kappa shape index (κ1) is 14.7. The lowest BCUT2D eigenvalue weighted by atomic mass is 10.1. The van der Waals surface area contributed by atoms with E-state index < -0.39 is 0 Å². The third kappa shape index (κ3) is 2.87. The fourth-order valence-electron chi connectivity index (χ4n) is 3.18. The zero-order chi connectivity index (χ0) is 15.0. The van der Waals surface area contributed by atoms with Crippen molar-refractivity contribution < 1.29 is 4.74 Å². The standard InChI is InChI=1S/C16H22ClN3O/c1-11(17)16-18-14-8-13(21-3)4-5-15(14)20(16)10-12-6-7-19(2)9-12/h4-5,8,11-12H,6-7,9-10H2,1-3H3. The average Bonchev–Trinajstić information content (AvgIpc) is 3.03. The van der Waals surface area contributed by atoms with Crippen molar-refractivity contribution in [3.8, 4) is 5.75 Å². The van der Waals surface area contributed by atoms with E-state index in [1.165, 1.54) is 13.0 Å². The highest BCUT2D eigenvalue weighted by Gasteiger charge is 2.23. The first-order valence-electron chi connectivity index (χ1n) is 7.45. The molecule has 0 spiro atoms. The molecule has 0 bridgehead atoms. The van der Waals surface area contributed by atoms with Gasteiger partial charge in [-0.25, -0.2) is 4.98 Å². The van der Waals surface area contributed by atoms with Gasteiger partial charge in [-0.1, -0.05) is 0 Å². The average molecular weight is 308 g/mol. The van der Waals surface area contributed by atoms with Gasteiger partial charge in [0.15, 0.2) is 0 Å². The molecule has 114 valence electrons. The van der Waals surface area contributed by atoms with E-state index in [2.05, 4.69) is 22.6 Å². The maximum absolute atomic E-state index is 6.34.